The molecule has 0 bridgehead atoms. The molecule has 0 fully saturated rings. The molecule has 0 aromatic heterocycles. The Hall–Kier alpha value is -0.432. The molecule has 0 saturated carbocycles. The van der Waals surface area contributed by atoms with Crippen molar-refractivity contribution in [3.8, 4) is 0 Å². The van der Waals surface area contributed by atoms with Crippen molar-refractivity contribution in [1.29, 1.82) is 0 Å². The van der Waals surface area contributed by atoms with Crippen molar-refractivity contribution in [2.45, 2.75) is 45.7 Å². The van der Waals surface area contributed by atoms with Crippen LogP contribution in [0.2, 0.25) is 0 Å². The van der Waals surface area contributed by atoms with Crippen molar-refractivity contribution in [2.75, 3.05) is 0 Å². The summed E-state index contributed by atoms with van der Waals surface area (Å²) < 4.78 is -4.40. The van der Waals surface area contributed by atoms with E-state index in [0.717, 1.165) is 0 Å². The summed E-state index contributed by atoms with van der Waals surface area (Å²) in [5.41, 5.74) is 16.9. The summed E-state index contributed by atoms with van der Waals surface area (Å²) in [6.45, 7) is 0. The van der Waals surface area contributed by atoms with Gasteiger partial charge in [0.05, 0.1) is 11.1 Å². The van der Waals surface area contributed by atoms with Crippen LogP contribution >= 0.6 is 46.4 Å². The normalized spacial score (nSPS) is 12.1. The predicted molar refractivity (Wildman–Crippen MR) is 89.6 cm³/mol. The molecule has 29 heavy (non-hydrogen) atoms. The first-order valence-electron chi connectivity index (χ1n) is 6.87. The van der Waals surface area contributed by atoms with Crippen LogP contribution < -0.4 is 43.4 Å². The van der Waals surface area contributed by atoms with E-state index >= 15 is 0 Å². The number of nitrogens with two attached hydrogens (primary N) is 4. The van der Waals surface area contributed by atoms with E-state index in [0.29, 0.717) is 0 Å². The molecule has 0 aliphatic carbocycles. The molecule has 0 aromatic rings. The zero-order chi connectivity index (χ0) is 23.1. The van der Waals surface area contributed by atoms with Gasteiger partial charge in [-0.3, -0.25) is 11.5 Å². The molecule has 0 atom stereocenters. The molecule has 12 nitrogen and oxygen atoms in total. The van der Waals surface area contributed by atoms with E-state index in [1.807, 2.05) is 0 Å². The molecule has 0 aromatic carbocycles. The molecule has 0 radical (unpaired) electrons. The van der Waals surface area contributed by atoms with Gasteiger partial charge in [-0.05, 0) is 0 Å². The second kappa shape index (κ2) is 12.4. The minimum atomic E-state index is -2.20. The van der Waals surface area contributed by atoms with Gasteiger partial charge in [-0.15, -0.1) is 0 Å². The Kier molecular flexibility index (Phi) is 14.2. The molecule has 0 aliphatic rings. The van der Waals surface area contributed by atoms with Gasteiger partial charge in [-0.1, -0.05) is 46.4 Å². The second-order valence-corrected chi connectivity index (χ2v) is 8.53. The molecule has 17 heteroatoms. The molecule has 0 spiro atoms. The summed E-state index contributed by atoms with van der Waals surface area (Å²) >= 11 is 21.5. The van der Waals surface area contributed by atoms with Crippen molar-refractivity contribution in [1.82, 2.24) is 0 Å². The summed E-state index contributed by atoms with van der Waals surface area (Å²) in [6.07, 6.45) is -3.54. The van der Waals surface area contributed by atoms with Crippen molar-refractivity contribution >= 4 is 70.3 Å². The minimum Gasteiger partial charge on any atom is -0.550 e. The first-order chi connectivity index (χ1) is 12.2. The van der Waals surface area contributed by atoms with E-state index in [2.05, 4.69) is 0 Å². The van der Waals surface area contributed by atoms with Crippen molar-refractivity contribution in [3.05, 3.63) is 0 Å². The largest absolute Gasteiger partial charge is 4.00 e. The van der Waals surface area contributed by atoms with Gasteiger partial charge in [0.15, 0.2) is 8.91 Å². The van der Waals surface area contributed by atoms with E-state index in [4.69, 9.17) is 69.3 Å². The monoisotopic (exact) mass is 679 g/mol. The molecule has 0 unspecified atom stereocenters. The van der Waals surface area contributed by atoms with Gasteiger partial charge in [0, 0.05) is 49.6 Å². The van der Waals surface area contributed by atoms with Crippen LogP contribution in [0.1, 0.15) is 25.7 Å². The first kappa shape index (κ1) is 33.2. The Labute approximate surface area is 199 Å². The molecule has 170 valence electrons. The molecular weight excluding hydrogens is 665 g/mol. The third kappa shape index (κ3) is 12.8. The van der Waals surface area contributed by atoms with E-state index in [-0.39, 0.29) is 21.1 Å². The fourth-order valence-corrected chi connectivity index (χ4v) is 2.16. The third-order valence-corrected chi connectivity index (χ3v) is 4.67. The number of carbonyl (C=O) groups is 4. The fraction of sp³-hybridized carbons (Fsp3) is 0.667. The van der Waals surface area contributed by atoms with Crippen LogP contribution in [-0.4, -0.2) is 43.9 Å². The number of alkyl halides is 4. The van der Waals surface area contributed by atoms with E-state index in [1.54, 1.807) is 0 Å². The van der Waals surface area contributed by atoms with E-state index < -0.39 is 69.6 Å². The predicted octanol–water partition coefficient (Wildman–Crippen LogP) is -5.89. The molecule has 8 N–H and O–H groups in total. The Balaban J connectivity index is -0.000000451. The summed E-state index contributed by atoms with van der Waals surface area (Å²) in [4.78, 5) is 41.1. The first-order valence-corrected chi connectivity index (χ1v) is 8.38. The number of carbonyl (C=O) groups excluding carboxylic acids is 4. The number of rotatable bonds is 10. The number of aliphatic carboxylic acids is 4. The number of hydrogen-bond acceptors (Lipinski definition) is 12. The smallest absolute Gasteiger partial charge is 0.550 e. The van der Waals surface area contributed by atoms with Gasteiger partial charge in [-0.25, -0.2) is 0 Å². The van der Waals surface area contributed by atoms with Gasteiger partial charge in [0.25, 0.3) is 0 Å². The van der Waals surface area contributed by atoms with Gasteiger partial charge in [0.2, 0.25) is 0 Å². The van der Waals surface area contributed by atoms with Crippen molar-refractivity contribution in [2.24, 2.45) is 22.9 Å². The molecule has 0 rings (SSSR count). The molecule has 0 amide bonds. The van der Waals surface area contributed by atoms with Gasteiger partial charge in [0.1, 0.15) is 0 Å². The summed E-state index contributed by atoms with van der Waals surface area (Å²) in [6, 6.07) is 0. The maximum absolute atomic E-state index is 10.3. The fourth-order valence-electron chi connectivity index (χ4n) is 1.63. The topological polar surface area (TPSA) is 265 Å². The molecule has 0 saturated heterocycles. The van der Waals surface area contributed by atoms with Gasteiger partial charge < -0.3 is 51.1 Å². The van der Waals surface area contributed by atoms with Crippen molar-refractivity contribution < 1.29 is 60.7 Å². The van der Waals surface area contributed by atoms with Crippen LogP contribution in [0.15, 0.2) is 0 Å². The van der Waals surface area contributed by atoms with Gasteiger partial charge in [-0.2, -0.15) is 0 Å². The molecular formula is C12H16Cl4N4O8Pt. The quantitative estimate of drug-likeness (QED) is 0.124. The van der Waals surface area contributed by atoms with Crippen LogP contribution in [-0.2, 0) is 40.2 Å². The zero-order valence-electron chi connectivity index (χ0n) is 14.2. The number of halogens is 4. The van der Waals surface area contributed by atoms with Crippen LogP contribution in [0.3, 0.4) is 0 Å². The minimum absolute atomic E-state index is 0. The zero-order valence-corrected chi connectivity index (χ0v) is 19.5. The molecule has 0 heterocycles. The number of carboxylic acid groups (broad SMARTS) is 4. The van der Waals surface area contributed by atoms with Gasteiger partial charge >= 0.3 is 21.1 Å². The molecule has 0 aliphatic heterocycles. The Morgan fingerprint density at radius 3 is 0.759 bits per heavy atom. The standard InChI is InChI=1S/2C6H10Cl2N2O4.Pt/c2*7-6(8,10)5(9,1-3(11)12)2-4(13)14;/h2*1-2,9-10H2,(H,11,12)(H,13,14);/q;;+4/p-4. The number of hydrogen-bond donors (Lipinski definition) is 4. The Morgan fingerprint density at radius 2 is 0.690 bits per heavy atom. The Bertz CT molecular complexity index is 528. The van der Waals surface area contributed by atoms with Crippen LogP contribution in [0.4, 0.5) is 0 Å². The average molecular weight is 681 g/mol. The summed E-state index contributed by atoms with van der Waals surface area (Å²) in [5.74, 6) is -6.43. The number of carboxylic acids is 4. The summed E-state index contributed by atoms with van der Waals surface area (Å²) in [7, 11) is 0. The van der Waals surface area contributed by atoms with Crippen molar-refractivity contribution in [3.63, 3.8) is 0 Å². The Morgan fingerprint density at radius 1 is 0.552 bits per heavy atom. The SMILES string of the molecule is NC(Cl)(Cl)C(N)(CC(=O)[O-])CC(=O)[O-].NC(Cl)(Cl)C(N)(CC(=O)[O-])CC(=O)[O-].[Pt+4]. The average Bonchev–Trinajstić information content (AvgIpc) is 2.31. The van der Waals surface area contributed by atoms with Crippen LogP contribution in [0, 0.1) is 0 Å². The third-order valence-electron chi connectivity index (χ3n) is 3.17. The summed E-state index contributed by atoms with van der Waals surface area (Å²) in [5, 5.41) is 41.1. The van der Waals surface area contributed by atoms with E-state index in [1.165, 1.54) is 0 Å². The second-order valence-electron chi connectivity index (χ2n) is 5.75. The maximum atomic E-state index is 10.3. The van der Waals surface area contributed by atoms with Crippen LogP contribution in [0.5, 0.6) is 0 Å². The van der Waals surface area contributed by atoms with E-state index in [9.17, 15) is 39.6 Å². The maximum Gasteiger partial charge on any atom is 4.00 e. The van der Waals surface area contributed by atoms with Crippen LogP contribution in [0.25, 0.3) is 0 Å².